The van der Waals surface area contributed by atoms with Crippen molar-refractivity contribution in [3.8, 4) is 11.3 Å². The van der Waals surface area contributed by atoms with E-state index in [1.165, 1.54) is 5.57 Å². The number of hydrogen-bond acceptors (Lipinski definition) is 5. The number of aromatic amines is 1. The summed E-state index contributed by atoms with van der Waals surface area (Å²) in [6, 6.07) is 5.84. The molecule has 1 aromatic carbocycles. The molecule has 0 radical (unpaired) electrons. The van der Waals surface area contributed by atoms with Gasteiger partial charge in [-0.05, 0) is 44.2 Å². The van der Waals surface area contributed by atoms with Crippen LogP contribution in [0.1, 0.15) is 61.1 Å². The number of hydrazine groups is 1. The van der Waals surface area contributed by atoms with E-state index < -0.39 is 0 Å². The molecular formula is C26H31N5O. The molecule has 2 aromatic rings. The van der Waals surface area contributed by atoms with E-state index in [0.717, 1.165) is 67.0 Å². The minimum Gasteiger partial charge on any atom is -0.341 e. The fourth-order valence-electron chi connectivity index (χ4n) is 4.29. The Labute approximate surface area is 189 Å². The normalized spacial score (nSPS) is 14.5. The molecular weight excluding hydrogens is 398 g/mol. The predicted octanol–water partition coefficient (Wildman–Crippen LogP) is 5.42. The maximum Gasteiger partial charge on any atom is 0.200 e. The van der Waals surface area contributed by atoms with Gasteiger partial charge in [-0.15, -0.1) is 6.58 Å². The first-order chi connectivity index (χ1) is 15.5. The minimum atomic E-state index is -0.00102. The van der Waals surface area contributed by atoms with E-state index in [2.05, 4.69) is 65.1 Å². The van der Waals surface area contributed by atoms with Gasteiger partial charge in [0.25, 0.3) is 0 Å². The molecule has 0 atom stereocenters. The number of nitrogens with zero attached hydrogens (tertiary/aromatic N) is 2. The molecule has 1 aromatic heterocycles. The fraction of sp³-hybridized carbons (Fsp3) is 0.308. The highest BCUT2D eigenvalue weighted by Gasteiger charge is 2.35. The van der Waals surface area contributed by atoms with Crippen molar-refractivity contribution in [3.05, 3.63) is 77.8 Å². The Morgan fingerprint density at radius 3 is 2.81 bits per heavy atom. The van der Waals surface area contributed by atoms with Crippen molar-refractivity contribution in [2.75, 3.05) is 18.4 Å². The van der Waals surface area contributed by atoms with Crippen LogP contribution in [0.15, 0.2) is 61.0 Å². The number of allylic oxidation sites excluding steroid dienone is 4. The Morgan fingerprint density at radius 1 is 1.25 bits per heavy atom. The van der Waals surface area contributed by atoms with E-state index in [4.69, 9.17) is 0 Å². The van der Waals surface area contributed by atoms with Crippen molar-refractivity contribution < 1.29 is 4.79 Å². The average molecular weight is 430 g/mol. The smallest absolute Gasteiger partial charge is 0.200 e. The first kappa shape index (κ1) is 21.8. The number of hydrogen-bond donors (Lipinski definition) is 3. The van der Waals surface area contributed by atoms with E-state index in [-0.39, 0.29) is 5.78 Å². The number of aromatic nitrogens is 2. The Bertz CT molecular complexity index is 1120. The lowest BCUT2D eigenvalue weighted by atomic mass is 9.94. The van der Waals surface area contributed by atoms with Crippen LogP contribution >= 0.6 is 0 Å². The summed E-state index contributed by atoms with van der Waals surface area (Å²) in [5.74, 6) is 0.632. The van der Waals surface area contributed by atoms with Gasteiger partial charge in [-0.25, -0.2) is 5.01 Å². The molecule has 0 fully saturated rings. The number of ketones is 1. The molecule has 0 saturated heterocycles. The number of carbonyl (C=O) groups excluding carboxylic acids is 1. The van der Waals surface area contributed by atoms with Gasteiger partial charge in [-0.3, -0.25) is 9.89 Å². The van der Waals surface area contributed by atoms with Gasteiger partial charge >= 0.3 is 0 Å². The van der Waals surface area contributed by atoms with Crippen molar-refractivity contribution in [1.82, 2.24) is 20.6 Å². The topological polar surface area (TPSA) is 73.0 Å². The third kappa shape index (κ3) is 4.18. The summed E-state index contributed by atoms with van der Waals surface area (Å²) < 4.78 is 0. The van der Waals surface area contributed by atoms with Crippen molar-refractivity contribution >= 4 is 17.0 Å². The lowest BCUT2D eigenvalue weighted by Gasteiger charge is -2.25. The standard InChI is InChI=1S/C26H31N5O/c1-5-7-16-31(15-6-2)30-18(4)27-21-10-8-9-20-22(21)26(32)23-24(28-29-25(20)23)19-13-11-17(3)12-14-19/h5,8-11,13,27,30H,1,4,6-7,12,14-16H2,2-3H3,(H,28,29). The summed E-state index contributed by atoms with van der Waals surface area (Å²) in [6.45, 7) is 13.9. The van der Waals surface area contributed by atoms with Gasteiger partial charge in [0, 0.05) is 18.7 Å². The Morgan fingerprint density at radius 2 is 2.09 bits per heavy atom. The Hall–Kier alpha value is -3.38. The van der Waals surface area contributed by atoms with Crippen molar-refractivity contribution in [2.24, 2.45) is 0 Å². The molecule has 2 aliphatic carbocycles. The highest BCUT2D eigenvalue weighted by Crippen LogP contribution is 2.43. The predicted molar refractivity (Wildman–Crippen MR) is 131 cm³/mol. The van der Waals surface area contributed by atoms with Gasteiger partial charge in [0.1, 0.15) is 5.82 Å². The third-order valence-electron chi connectivity index (χ3n) is 5.89. The van der Waals surface area contributed by atoms with E-state index in [9.17, 15) is 4.79 Å². The molecule has 0 bridgehead atoms. The Kier molecular flexibility index (Phi) is 6.42. The van der Waals surface area contributed by atoms with Gasteiger partial charge in [-0.1, -0.05) is 49.4 Å². The van der Waals surface area contributed by atoms with Crippen LogP contribution < -0.4 is 10.7 Å². The van der Waals surface area contributed by atoms with Crippen LogP contribution in [0, 0.1) is 0 Å². The molecule has 4 rings (SSSR count). The van der Waals surface area contributed by atoms with Crippen molar-refractivity contribution in [2.45, 2.75) is 39.5 Å². The molecule has 32 heavy (non-hydrogen) atoms. The number of carbonyl (C=O) groups is 1. The van der Waals surface area contributed by atoms with Crippen LogP contribution in [0.3, 0.4) is 0 Å². The van der Waals surface area contributed by atoms with Gasteiger partial charge in [0.05, 0.1) is 28.2 Å². The summed E-state index contributed by atoms with van der Waals surface area (Å²) in [5.41, 5.74) is 10.3. The Balaban J connectivity index is 1.58. The number of nitrogens with one attached hydrogen (secondary N) is 3. The zero-order chi connectivity index (χ0) is 22.7. The zero-order valence-corrected chi connectivity index (χ0v) is 18.9. The number of rotatable bonds is 10. The zero-order valence-electron chi connectivity index (χ0n) is 18.9. The molecule has 166 valence electrons. The molecule has 3 N–H and O–H groups in total. The molecule has 2 aliphatic rings. The van der Waals surface area contributed by atoms with Crippen molar-refractivity contribution in [1.29, 1.82) is 0 Å². The van der Waals surface area contributed by atoms with Gasteiger partial charge in [0.15, 0.2) is 5.78 Å². The van der Waals surface area contributed by atoms with E-state index in [1.54, 1.807) is 0 Å². The second-order valence-electron chi connectivity index (χ2n) is 8.36. The first-order valence-corrected chi connectivity index (χ1v) is 11.2. The van der Waals surface area contributed by atoms with E-state index in [0.29, 0.717) is 16.9 Å². The number of anilines is 1. The van der Waals surface area contributed by atoms with Crippen LogP contribution in [0.5, 0.6) is 0 Å². The molecule has 0 amide bonds. The summed E-state index contributed by atoms with van der Waals surface area (Å²) in [7, 11) is 0. The monoisotopic (exact) mass is 429 g/mol. The van der Waals surface area contributed by atoms with Gasteiger partial charge in [0.2, 0.25) is 0 Å². The summed E-state index contributed by atoms with van der Waals surface area (Å²) in [5, 5.41) is 13.0. The number of benzene rings is 1. The molecule has 0 spiro atoms. The van der Waals surface area contributed by atoms with Crippen LogP contribution in [0.2, 0.25) is 0 Å². The highest BCUT2D eigenvalue weighted by atomic mass is 16.1. The average Bonchev–Trinajstić information content (AvgIpc) is 3.33. The molecule has 0 unspecified atom stereocenters. The minimum absolute atomic E-state index is 0.00102. The summed E-state index contributed by atoms with van der Waals surface area (Å²) >= 11 is 0. The third-order valence-corrected chi connectivity index (χ3v) is 5.89. The largest absolute Gasteiger partial charge is 0.341 e. The molecule has 0 aliphatic heterocycles. The summed E-state index contributed by atoms with van der Waals surface area (Å²) in [4.78, 5) is 13.5. The molecule has 1 heterocycles. The first-order valence-electron chi connectivity index (χ1n) is 11.2. The molecule has 6 heteroatoms. The second kappa shape index (κ2) is 9.40. The second-order valence-corrected chi connectivity index (χ2v) is 8.36. The number of H-pyrrole nitrogens is 1. The molecule has 6 nitrogen and oxygen atoms in total. The number of fused-ring (bicyclic) bond motifs is 3. The molecule has 0 saturated carbocycles. The van der Waals surface area contributed by atoms with E-state index >= 15 is 0 Å². The van der Waals surface area contributed by atoms with Crippen LogP contribution in [-0.2, 0) is 0 Å². The van der Waals surface area contributed by atoms with Crippen LogP contribution in [0.25, 0.3) is 16.8 Å². The lowest BCUT2D eigenvalue weighted by molar-refractivity contribution is 0.104. The van der Waals surface area contributed by atoms with Crippen LogP contribution in [-0.4, -0.2) is 34.1 Å². The maximum absolute atomic E-state index is 13.5. The van der Waals surface area contributed by atoms with Crippen molar-refractivity contribution in [3.63, 3.8) is 0 Å². The van der Waals surface area contributed by atoms with E-state index in [1.807, 2.05) is 24.3 Å². The van der Waals surface area contributed by atoms with Gasteiger partial charge < -0.3 is 10.7 Å². The quantitative estimate of drug-likeness (QED) is 0.296. The van der Waals surface area contributed by atoms with Crippen LogP contribution in [0.4, 0.5) is 5.69 Å². The highest BCUT2D eigenvalue weighted by molar-refractivity contribution is 6.25. The van der Waals surface area contributed by atoms with Gasteiger partial charge in [-0.2, -0.15) is 5.10 Å². The summed E-state index contributed by atoms with van der Waals surface area (Å²) in [6.07, 6.45) is 9.90. The maximum atomic E-state index is 13.5. The lowest BCUT2D eigenvalue weighted by Crippen LogP contribution is -2.40. The SMILES string of the molecule is C=CCCN(CCC)NC(=C)Nc1cccc2c1C(=O)c1c(C3=CC=C(C)CC3)n[nH]c1-2. The fourth-order valence-corrected chi connectivity index (χ4v) is 4.29.